The van der Waals surface area contributed by atoms with Crippen LogP contribution in [0.1, 0.15) is 88.0 Å². The highest BCUT2D eigenvalue weighted by molar-refractivity contribution is 5.98. The number of carbonyl (C=O) groups is 4. The van der Waals surface area contributed by atoms with Gasteiger partial charge in [-0.3, -0.25) is 19.2 Å². The van der Waals surface area contributed by atoms with Gasteiger partial charge in [-0.2, -0.15) is 0 Å². The molecule has 0 saturated heterocycles. The molecule has 0 spiro atoms. The Balaban J connectivity index is 1.75. The summed E-state index contributed by atoms with van der Waals surface area (Å²) in [6.07, 6.45) is 3.55. The molecule has 0 aromatic heterocycles. The predicted octanol–water partition coefficient (Wildman–Crippen LogP) is 3.50. The molecule has 0 aromatic carbocycles. The number of rotatable bonds is 5. The first kappa shape index (κ1) is 30.8. The van der Waals surface area contributed by atoms with Crippen LogP contribution in [0.3, 0.4) is 0 Å². The normalized spacial score (nSPS) is 42.4. The maximum Gasteiger partial charge on any atom is 0.303 e. The maximum absolute atomic E-state index is 14.3. The third-order valence-electron chi connectivity index (χ3n) is 11.5. The minimum absolute atomic E-state index is 0.0284. The van der Waals surface area contributed by atoms with Gasteiger partial charge in [0.05, 0.1) is 6.10 Å². The van der Waals surface area contributed by atoms with Crippen molar-refractivity contribution in [2.75, 3.05) is 0 Å². The third-order valence-corrected chi connectivity index (χ3v) is 11.5. The van der Waals surface area contributed by atoms with Crippen LogP contribution in [0.15, 0.2) is 23.8 Å². The highest BCUT2D eigenvalue weighted by Gasteiger charge is 2.74. The Hall–Kier alpha value is -2.16. The van der Waals surface area contributed by atoms with Gasteiger partial charge >= 0.3 is 5.97 Å². The number of ether oxygens (including phenoxy) is 1. The Bertz CT molecular complexity index is 1210. The van der Waals surface area contributed by atoms with Crippen molar-refractivity contribution in [1.29, 1.82) is 0 Å². The van der Waals surface area contributed by atoms with Crippen LogP contribution in [-0.2, 0) is 23.9 Å². The van der Waals surface area contributed by atoms with Crippen molar-refractivity contribution in [3.8, 4) is 0 Å². The lowest BCUT2D eigenvalue weighted by atomic mass is 9.38. The summed E-state index contributed by atoms with van der Waals surface area (Å²) in [6, 6.07) is 0. The zero-order chi connectivity index (χ0) is 30.4. The zero-order valence-corrected chi connectivity index (χ0v) is 25.3. The summed E-state index contributed by atoms with van der Waals surface area (Å²) < 4.78 is 5.23. The summed E-state index contributed by atoms with van der Waals surface area (Å²) in [6.45, 7) is 15.4. The van der Waals surface area contributed by atoms with Crippen molar-refractivity contribution in [2.24, 2.45) is 39.4 Å². The first-order chi connectivity index (χ1) is 18.1. The van der Waals surface area contributed by atoms with E-state index in [0.29, 0.717) is 12.8 Å². The topological polar surface area (TPSA) is 138 Å². The van der Waals surface area contributed by atoms with Gasteiger partial charge in [0.15, 0.2) is 11.6 Å². The lowest BCUT2D eigenvalue weighted by molar-refractivity contribution is -0.183. The molecular weight excluding hydrogens is 512 g/mol. The summed E-state index contributed by atoms with van der Waals surface area (Å²) >= 11 is 0. The number of aliphatic hydroxyl groups is 3. The highest BCUT2D eigenvalue weighted by atomic mass is 16.6. The van der Waals surface area contributed by atoms with Crippen molar-refractivity contribution in [3.05, 3.63) is 23.8 Å². The molecule has 3 fully saturated rings. The van der Waals surface area contributed by atoms with Crippen LogP contribution in [0.2, 0.25) is 0 Å². The summed E-state index contributed by atoms with van der Waals surface area (Å²) in [5, 5.41) is 34.0. The van der Waals surface area contributed by atoms with E-state index in [9.17, 15) is 34.5 Å². The van der Waals surface area contributed by atoms with Crippen LogP contribution in [0.25, 0.3) is 0 Å². The first-order valence-corrected chi connectivity index (χ1v) is 14.4. The molecule has 0 unspecified atom stereocenters. The Morgan fingerprint density at radius 2 is 1.65 bits per heavy atom. The highest BCUT2D eigenvalue weighted by Crippen LogP contribution is 2.74. The predicted molar refractivity (Wildman–Crippen MR) is 148 cm³/mol. The Labute approximate surface area is 237 Å². The molecule has 4 rings (SSSR count). The Morgan fingerprint density at radius 3 is 2.23 bits per heavy atom. The van der Waals surface area contributed by atoms with Gasteiger partial charge in [0.25, 0.3) is 0 Å². The monoisotopic (exact) mass is 558 g/mol. The van der Waals surface area contributed by atoms with Crippen LogP contribution >= 0.6 is 0 Å². The van der Waals surface area contributed by atoms with Crippen LogP contribution in [0, 0.1) is 39.4 Å². The number of ketones is 3. The van der Waals surface area contributed by atoms with Gasteiger partial charge in [-0.1, -0.05) is 32.4 Å². The van der Waals surface area contributed by atoms with Crippen molar-refractivity contribution >= 4 is 23.3 Å². The molecule has 4 aliphatic rings. The van der Waals surface area contributed by atoms with Gasteiger partial charge in [0, 0.05) is 30.1 Å². The molecule has 222 valence electrons. The zero-order valence-electron chi connectivity index (χ0n) is 25.3. The van der Waals surface area contributed by atoms with E-state index in [0.717, 1.165) is 5.57 Å². The molecule has 8 heteroatoms. The van der Waals surface area contributed by atoms with Gasteiger partial charge in [-0.05, 0) is 88.7 Å². The quantitative estimate of drug-likeness (QED) is 0.265. The van der Waals surface area contributed by atoms with E-state index in [2.05, 4.69) is 13.0 Å². The first-order valence-electron chi connectivity index (χ1n) is 14.4. The van der Waals surface area contributed by atoms with E-state index in [4.69, 9.17) is 4.74 Å². The number of fused-ring (bicyclic) bond motifs is 5. The fraction of sp³-hybridized carbons (Fsp3) is 0.750. The van der Waals surface area contributed by atoms with Crippen LogP contribution in [-0.4, -0.2) is 62.0 Å². The van der Waals surface area contributed by atoms with Gasteiger partial charge in [0.1, 0.15) is 23.1 Å². The van der Waals surface area contributed by atoms with Crippen molar-refractivity contribution in [1.82, 2.24) is 0 Å². The van der Waals surface area contributed by atoms with Gasteiger partial charge in [-0.15, -0.1) is 0 Å². The van der Waals surface area contributed by atoms with Crippen LogP contribution in [0.5, 0.6) is 0 Å². The average molecular weight is 559 g/mol. The molecule has 0 radical (unpaired) electrons. The molecule has 3 N–H and O–H groups in total. The standard InChI is InChI=1S/C32H46O8/c1-17(33)40-27(2,3)13-12-23(36)32(9,39)25-21(35)15-29(6)22-11-10-18-19(14-20(34)26(38)28(18,4)5)31(22,8)24(37)16-30(25,29)7/h10,12-13,19-22,25,34-35,39H,11,14-16H2,1-9H3/t19-,20-,21-,22+,25+,29+,30-,31+,32-/m1/s1. The molecule has 8 nitrogen and oxygen atoms in total. The number of hydrogen-bond donors (Lipinski definition) is 3. The lowest BCUT2D eigenvalue weighted by Crippen LogP contribution is -2.65. The SMILES string of the molecule is CC(=O)OC(C)(C)C=CC(=O)[C@@](C)(O)[C@H]1[C@H](O)C[C@@]2(C)[C@@H]3CC=C4[C@@H](C[C@@H](O)C(=O)C4(C)C)[C@]3(C)C(=O)C[C@]12C. The Morgan fingerprint density at radius 1 is 1.05 bits per heavy atom. The molecule has 0 aliphatic heterocycles. The summed E-state index contributed by atoms with van der Waals surface area (Å²) in [5.74, 6) is -2.85. The van der Waals surface area contributed by atoms with E-state index < -0.39 is 62.7 Å². The van der Waals surface area contributed by atoms with E-state index in [1.165, 1.54) is 26.0 Å². The smallest absolute Gasteiger partial charge is 0.303 e. The number of hydrogen-bond acceptors (Lipinski definition) is 8. The molecule has 40 heavy (non-hydrogen) atoms. The van der Waals surface area contributed by atoms with Crippen LogP contribution in [0.4, 0.5) is 0 Å². The second-order valence-corrected chi connectivity index (χ2v) is 14.8. The maximum atomic E-state index is 14.3. The van der Waals surface area contributed by atoms with Crippen LogP contribution < -0.4 is 0 Å². The van der Waals surface area contributed by atoms with E-state index >= 15 is 0 Å². The second-order valence-electron chi connectivity index (χ2n) is 14.8. The minimum Gasteiger partial charge on any atom is -0.456 e. The van der Waals surface area contributed by atoms with Gasteiger partial charge < -0.3 is 20.1 Å². The molecule has 4 aliphatic carbocycles. The number of carbonyl (C=O) groups excluding carboxylic acids is 4. The Kier molecular flexibility index (Phi) is 7.06. The van der Waals surface area contributed by atoms with Crippen molar-refractivity contribution < 1.29 is 39.2 Å². The van der Waals surface area contributed by atoms with E-state index in [-0.39, 0.29) is 36.2 Å². The van der Waals surface area contributed by atoms with Crippen molar-refractivity contribution in [2.45, 2.75) is 111 Å². The van der Waals surface area contributed by atoms with Crippen molar-refractivity contribution in [3.63, 3.8) is 0 Å². The molecule has 0 heterocycles. The summed E-state index contributed by atoms with van der Waals surface area (Å²) in [5.41, 5.74) is -5.43. The molecular formula is C32H46O8. The fourth-order valence-corrected chi connectivity index (χ4v) is 9.40. The molecule has 0 amide bonds. The van der Waals surface area contributed by atoms with E-state index in [1.807, 2.05) is 27.7 Å². The van der Waals surface area contributed by atoms with E-state index in [1.54, 1.807) is 13.8 Å². The number of aliphatic hydroxyl groups excluding tert-OH is 2. The number of esters is 1. The second kappa shape index (κ2) is 9.17. The molecule has 9 atom stereocenters. The fourth-order valence-electron chi connectivity index (χ4n) is 9.40. The average Bonchev–Trinajstić information content (AvgIpc) is 3.01. The number of Topliss-reactive ketones (excluding diaryl/α,β-unsaturated/α-hetero) is 2. The lowest BCUT2D eigenvalue weighted by Gasteiger charge is -2.64. The minimum atomic E-state index is -1.99. The summed E-state index contributed by atoms with van der Waals surface area (Å²) in [4.78, 5) is 52.1. The number of allylic oxidation sites excluding steroid dienone is 2. The van der Waals surface area contributed by atoms with Gasteiger partial charge in [0.2, 0.25) is 0 Å². The molecule has 0 bridgehead atoms. The molecule has 3 saturated carbocycles. The molecule has 0 aromatic rings. The largest absolute Gasteiger partial charge is 0.456 e. The third kappa shape index (κ3) is 4.11. The van der Waals surface area contributed by atoms with Gasteiger partial charge in [-0.25, -0.2) is 0 Å². The summed E-state index contributed by atoms with van der Waals surface area (Å²) in [7, 11) is 0.